The first kappa shape index (κ1) is 20.3. The van der Waals surface area contributed by atoms with Crippen LogP contribution in [-0.4, -0.2) is 40.2 Å². The molecule has 2 amide bonds. The van der Waals surface area contributed by atoms with Crippen molar-refractivity contribution in [2.24, 2.45) is 0 Å². The number of amides is 2. The first-order valence-corrected chi connectivity index (χ1v) is 10.9. The fraction of sp³-hybridized carbons (Fsp3) is 0.381. The minimum atomic E-state index is -0.729. The zero-order valence-electron chi connectivity index (χ0n) is 16.1. The number of thioether (sulfide) groups is 1. The van der Waals surface area contributed by atoms with Gasteiger partial charge in [0.05, 0.1) is 23.7 Å². The van der Waals surface area contributed by atoms with Crippen LogP contribution in [0.15, 0.2) is 50.2 Å². The Morgan fingerprint density at radius 3 is 2.80 bits per heavy atom. The molecule has 5 rings (SSSR count). The van der Waals surface area contributed by atoms with Crippen molar-refractivity contribution in [2.75, 3.05) is 5.75 Å². The zero-order valence-corrected chi connectivity index (χ0v) is 16.9. The molecule has 2 saturated heterocycles. The van der Waals surface area contributed by atoms with Gasteiger partial charge in [-0.3, -0.25) is 4.79 Å². The average molecular weight is 430 g/mol. The highest BCUT2D eigenvalue weighted by Crippen LogP contribution is 2.33. The number of carbonyl (C=O) groups is 2. The molecule has 0 aliphatic carbocycles. The first-order valence-electron chi connectivity index (χ1n) is 9.82. The van der Waals surface area contributed by atoms with Crippen LogP contribution in [0.2, 0.25) is 0 Å². The SMILES string of the molecule is O=C(O)CCCC[C@@H]1SC[C@@H]2NC(=O)N[C@@H]21.O=c1ccc2ccc3occc3c2o1. The first-order chi connectivity index (χ1) is 14.5. The van der Waals surface area contributed by atoms with Gasteiger partial charge in [-0.1, -0.05) is 6.42 Å². The topological polar surface area (TPSA) is 122 Å². The third-order valence-corrected chi connectivity index (χ3v) is 6.79. The maximum Gasteiger partial charge on any atom is 0.336 e. The van der Waals surface area contributed by atoms with Crippen molar-refractivity contribution >= 4 is 45.7 Å². The molecule has 3 N–H and O–H groups in total. The van der Waals surface area contributed by atoms with E-state index in [4.69, 9.17) is 13.9 Å². The van der Waals surface area contributed by atoms with E-state index in [1.807, 2.05) is 23.9 Å². The van der Waals surface area contributed by atoms with E-state index in [-0.39, 0.29) is 30.2 Å². The predicted molar refractivity (Wildman–Crippen MR) is 114 cm³/mol. The zero-order chi connectivity index (χ0) is 21.1. The van der Waals surface area contributed by atoms with Crippen LogP contribution < -0.4 is 16.3 Å². The van der Waals surface area contributed by atoms with Gasteiger partial charge in [-0.25, -0.2) is 9.59 Å². The maximum absolute atomic E-state index is 11.1. The second-order valence-corrected chi connectivity index (χ2v) is 8.60. The number of carbonyl (C=O) groups excluding carboxylic acids is 1. The third-order valence-electron chi connectivity index (χ3n) is 5.29. The molecule has 3 aromatic rings. The standard InChI is InChI=1S/C11H6O3.C10H16N2O3S/c12-10-4-2-7-1-3-9-8(5-6-13-9)11(7)14-10;13-8(14)4-2-1-3-7-9-6(5-16-7)11-10(15)12-9/h1-6H;6-7,9H,1-5H2,(H,13,14)(H2,11,12,15)/t;6-,7-,9-/m.0/s1. The largest absolute Gasteiger partial charge is 0.481 e. The molecular formula is C21H22N2O6S. The Labute approximate surface area is 176 Å². The predicted octanol–water partition coefficient (Wildman–Crippen LogP) is 3.34. The minimum absolute atomic E-state index is 0.0640. The van der Waals surface area contributed by atoms with E-state index in [0.29, 0.717) is 10.8 Å². The number of aliphatic carboxylic acids is 1. The lowest BCUT2D eigenvalue weighted by Gasteiger charge is -2.16. The number of hydrogen-bond donors (Lipinski definition) is 3. The number of rotatable bonds is 5. The lowest BCUT2D eigenvalue weighted by molar-refractivity contribution is -0.137. The molecule has 0 unspecified atom stereocenters. The van der Waals surface area contributed by atoms with E-state index in [2.05, 4.69) is 10.6 Å². The average Bonchev–Trinajstić information content (AvgIpc) is 3.42. The summed E-state index contributed by atoms with van der Waals surface area (Å²) in [5, 5.41) is 16.5. The van der Waals surface area contributed by atoms with E-state index in [1.54, 1.807) is 18.4 Å². The van der Waals surface area contributed by atoms with Gasteiger partial charge in [0.2, 0.25) is 0 Å². The van der Waals surface area contributed by atoms with Gasteiger partial charge in [0.25, 0.3) is 0 Å². The van der Waals surface area contributed by atoms with E-state index < -0.39 is 5.97 Å². The van der Waals surface area contributed by atoms with Crippen molar-refractivity contribution in [3.8, 4) is 0 Å². The molecule has 0 radical (unpaired) electrons. The summed E-state index contributed by atoms with van der Waals surface area (Å²) in [5.74, 6) is 0.236. The molecule has 2 fully saturated rings. The van der Waals surface area contributed by atoms with Crippen molar-refractivity contribution in [2.45, 2.75) is 43.0 Å². The molecular weight excluding hydrogens is 408 g/mol. The third kappa shape index (κ3) is 4.46. The Morgan fingerprint density at radius 2 is 1.97 bits per heavy atom. The monoisotopic (exact) mass is 430 g/mol. The van der Waals surface area contributed by atoms with Gasteiger partial charge in [0.1, 0.15) is 11.2 Å². The number of carboxylic acid groups (broad SMARTS) is 1. The molecule has 158 valence electrons. The summed E-state index contributed by atoms with van der Waals surface area (Å²) < 4.78 is 10.3. The highest BCUT2D eigenvalue weighted by atomic mass is 32.2. The fourth-order valence-electron chi connectivity index (χ4n) is 3.84. The van der Waals surface area contributed by atoms with Crippen molar-refractivity contribution in [3.63, 3.8) is 0 Å². The number of carboxylic acids is 1. The number of fused-ring (bicyclic) bond motifs is 4. The van der Waals surface area contributed by atoms with E-state index in [0.717, 1.165) is 41.4 Å². The molecule has 2 aliphatic rings. The van der Waals surface area contributed by atoms with E-state index in [9.17, 15) is 14.4 Å². The van der Waals surface area contributed by atoms with Crippen LogP contribution >= 0.6 is 11.8 Å². The summed E-state index contributed by atoms with van der Waals surface area (Å²) in [6.07, 6.45) is 4.46. The Kier molecular flexibility index (Phi) is 5.98. The smallest absolute Gasteiger partial charge is 0.336 e. The summed E-state index contributed by atoms with van der Waals surface area (Å²) >= 11 is 1.87. The van der Waals surface area contributed by atoms with Crippen LogP contribution in [0.25, 0.3) is 21.9 Å². The molecule has 4 heterocycles. The normalized spacial score (nSPS) is 22.3. The number of unbranched alkanes of at least 4 members (excludes halogenated alkanes) is 1. The Hall–Kier alpha value is -2.94. The Morgan fingerprint density at radius 1 is 1.13 bits per heavy atom. The van der Waals surface area contributed by atoms with Crippen LogP contribution in [0.3, 0.4) is 0 Å². The lowest BCUT2D eigenvalue weighted by atomic mass is 10.0. The van der Waals surface area contributed by atoms with Crippen LogP contribution in [0.4, 0.5) is 4.79 Å². The molecule has 0 bridgehead atoms. The van der Waals surface area contributed by atoms with Gasteiger partial charge < -0.3 is 24.6 Å². The van der Waals surface area contributed by atoms with Gasteiger partial charge in [-0.05, 0) is 37.1 Å². The van der Waals surface area contributed by atoms with Gasteiger partial charge in [0.15, 0.2) is 0 Å². The number of nitrogens with one attached hydrogen (secondary N) is 2. The van der Waals surface area contributed by atoms with Gasteiger partial charge >= 0.3 is 17.6 Å². The van der Waals surface area contributed by atoms with Crippen LogP contribution in [0.5, 0.6) is 0 Å². The highest BCUT2D eigenvalue weighted by Gasteiger charge is 2.42. The van der Waals surface area contributed by atoms with Gasteiger partial charge in [0, 0.05) is 28.9 Å². The molecule has 30 heavy (non-hydrogen) atoms. The molecule has 2 aliphatic heterocycles. The number of furan rings is 1. The van der Waals surface area contributed by atoms with Crippen molar-refractivity contribution in [1.82, 2.24) is 10.6 Å². The number of urea groups is 1. The molecule has 0 spiro atoms. The second-order valence-electron chi connectivity index (χ2n) is 7.33. The quantitative estimate of drug-likeness (QED) is 0.322. The van der Waals surface area contributed by atoms with Crippen LogP contribution in [-0.2, 0) is 4.79 Å². The fourth-order valence-corrected chi connectivity index (χ4v) is 5.38. The number of benzene rings is 1. The summed E-state index contributed by atoms with van der Waals surface area (Å²) in [6, 6.07) is 9.11. The molecule has 0 saturated carbocycles. The summed E-state index contributed by atoms with van der Waals surface area (Å²) in [5.41, 5.74) is 0.974. The van der Waals surface area contributed by atoms with E-state index >= 15 is 0 Å². The Balaban J connectivity index is 0.000000146. The molecule has 9 heteroatoms. The van der Waals surface area contributed by atoms with Crippen molar-refractivity contribution in [3.05, 3.63) is 47.0 Å². The highest BCUT2D eigenvalue weighted by molar-refractivity contribution is 8.00. The molecule has 8 nitrogen and oxygen atoms in total. The lowest BCUT2D eigenvalue weighted by Crippen LogP contribution is -2.36. The van der Waals surface area contributed by atoms with Gasteiger partial charge in [-0.2, -0.15) is 11.8 Å². The second kappa shape index (κ2) is 8.83. The van der Waals surface area contributed by atoms with E-state index in [1.165, 1.54) is 6.07 Å². The van der Waals surface area contributed by atoms with Crippen molar-refractivity contribution < 1.29 is 23.5 Å². The van der Waals surface area contributed by atoms with Crippen LogP contribution in [0.1, 0.15) is 25.7 Å². The van der Waals surface area contributed by atoms with Crippen molar-refractivity contribution in [1.29, 1.82) is 0 Å². The van der Waals surface area contributed by atoms with Gasteiger partial charge in [-0.15, -0.1) is 0 Å². The Bertz CT molecular complexity index is 1120. The molecule has 2 aromatic heterocycles. The number of hydrogen-bond acceptors (Lipinski definition) is 6. The summed E-state index contributed by atoms with van der Waals surface area (Å²) in [6.45, 7) is 0. The minimum Gasteiger partial charge on any atom is -0.481 e. The summed E-state index contributed by atoms with van der Waals surface area (Å²) in [4.78, 5) is 32.5. The van der Waals surface area contributed by atoms with Crippen LogP contribution in [0, 0.1) is 0 Å². The molecule has 3 atom stereocenters. The summed E-state index contributed by atoms with van der Waals surface area (Å²) in [7, 11) is 0. The molecule has 1 aromatic carbocycles. The maximum atomic E-state index is 11.1.